The van der Waals surface area contributed by atoms with Gasteiger partial charge < -0.3 is 55.8 Å². The molecule has 4 fully saturated rings. The molecule has 22 nitrogen and oxygen atoms in total. The predicted octanol–water partition coefficient (Wildman–Crippen LogP) is 3.37. The molecule has 5 aliphatic heterocycles. The molecule has 9 rings (SSSR count). The Morgan fingerprint density at radius 3 is 2.39 bits per heavy atom. The Kier molecular flexibility index (Phi) is 18.1. The van der Waals surface area contributed by atoms with Gasteiger partial charge in [-0.2, -0.15) is 8.78 Å². The lowest BCUT2D eigenvalue weighted by Crippen LogP contribution is -2.61. The third-order valence-electron chi connectivity index (χ3n) is 16.2. The van der Waals surface area contributed by atoms with Gasteiger partial charge in [0.05, 0.1) is 12.0 Å². The number of ether oxygens (including phenoxy) is 1. The molecule has 26 heteroatoms. The zero-order chi connectivity index (χ0) is 59.5. The van der Waals surface area contributed by atoms with Gasteiger partial charge in [0.15, 0.2) is 0 Å². The minimum atomic E-state index is -5.87. The van der Waals surface area contributed by atoms with Crippen LogP contribution in [0.5, 0.6) is 5.75 Å². The number of likely N-dealkylation sites (N-methyl/N-ethyl adjacent to an activating group) is 1. The Balaban J connectivity index is 0.846. The quantitative estimate of drug-likeness (QED) is 0.0453. The van der Waals surface area contributed by atoms with Crippen LogP contribution in [0, 0.1) is 17.8 Å². The second-order valence-corrected chi connectivity index (χ2v) is 24.4. The third-order valence-corrected chi connectivity index (χ3v) is 18.3. The number of hydrogen-bond donors (Lipinski definition) is 7. The Hall–Kier alpha value is -7.62. The largest absolute Gasteiger partial charge is 0.497 e. The van der Waals surface area contributed by atoms with Crippen molar-refractivity contribution in [1.29, 1.82) is 0 Å². The summed E-state index contributed by atoms with van der Waals surface area (Å²) in [5, 5.41) is 10.8. The van der Waals surface area contributed by atoms with Gasteiger partial charge in [-0.05, 0) is 130 Å². The summed E-state index contributed by atoms with van der Waals surface area (Å²) in [6.45, 7) is 1.44. The molecule has 440 valence electrons. The summed E-state index contributed by atoms with van der Waals surface area (Å²) in [4.78, 5) is 147. The number of carbonyl (C=O) groups excluding carboxylic acids is 9. The van der Waals surface area contributed by atoms with Crippen LogP contribution in [0.25, 0.3) is 10.1 Å². The van der Waals surface area contributed by atoms with Crippen molar-refractivity contribution in [3.63, 3.8) is 0 Å². The molecular weight excluding hydrogens is 1120 g/mol. The first-order valence-electron chi connectivity index (χ1n) is 27.4. The molecule has 6 heterocycles. The number of rotatable bonds is 17. The first kappa shape index (κ1) is 60.0. The number of primary amides is 1. The van der Waals surface area contributed by atoms with E-state index in [2.05, 4.69) is 33.1 Å². The number of fused-ring (bicyclic) bond motifs is 3. The zero-order valence-electron chi connectivity index (χ0n) is 45.6. The van der Waals surface area contributed by atoms with Crippen LogP contribution in [0.2, 0.25) is 0 Å². The van der Waals surface area contributed by atoms with Crippen LogP contribution in [0.1, 0.15) is 119 Å². The molecule has 6 atom stereocenters. The molecule has 3 aromatic carbocycles. The minimum Gasteiger partial charge on any atom is -0.497 e. The molecule has 83 heavy (non-hydrogen) atoms. The highest BCUT2D eigenvalue weighted by molar-refractivity contribution is 7.52. The maximum atomic E-state index is 14.6. The number of imide groups is 1. The molecular formula is C57H64F2N9O13PS. The molecule has 0 saturated carbocycles. The minimum absolute atomic E-state index is 0.0243. The van der Waals surface area contributed by atoms with Crippen LogP contribution in [0.15, 0.2) is 66.7 Å². The smallest absolute Gasteiger partial charge is 0.399 e. The molecule has 0 spiro atoms. The molecule has 0 aliphatic carbocycles. The number of nitrogens with zero attached hydrogens (tertiary/aromatic N) is 4. The van der Waals surface area contributed by atoms with Gasteiger partial charge in [0, 0.05) is 72.9 Å². The van der Waals surface area contributed by atoms with Crippen LogP contribution in [-0.4, -0.2) is 153 Å². The van der Waals surface area contributed by atoms with Crippen LogP contribution in [0.3, 0.4) is 0 Å². The fourth-order valence-electron chi connectivity index (χ4n) is 11.5. The predicted molar refractivity (Wildman–Crippen MR) is 297 cm³/mol. The van der Waals surface area contributed by atoms with E-state index >= 15 is 0 Å². The van der Waals surface area contributed by atoms with Gasteiger partial charge in [-0.1, -0.05) is 36.1 Å². The van der Waals surface area contributed by atoms with Crippen molar-refractivity contribution < 1.29 is 71.0 Å². The van der Waals surface area contributed by atoms with Gasteiger partial charge in [0.25, 0.3) is 11.8 Å². The summed E-state index contributed by atoms with van der Waals surface area (Å²) in [5.74, 6) is 2.05. The Bertz CT molecular complexity index is 3360. The molecule has 4 saturated heterocycles. The third kappa shape index (κ3) is 13.3. The van der Waals surface area contributed by atoms with Crippen molar-refractivity contribution in [1.82, 2.24) is 40.9 Å². The number of nitrogens with two attached hydrogens (primary N) is 1. The topological polar surface area (TPSA) is 307 Å². The summed E-state index contributed by atoms with van der Waals surface area (Å²) in [5.41, 5.74) is 2.46. The Morgan fingerprint density at radius 2 is 1.69 bits per heavy atom. The van der Waals surface area contributed by atoms with Crippen molar-refractivity contribution in [2.75, 3.05) is 40.3 Å². The first-order chi connectivity index (χ1) is 39.5. The number of benzene rings is 3. The molecule has 0 radical (unpaired) electrons. The van der Waals surface area contributed by atoms with Gasteiger partial charge in [-0.15, -0.1) is 11.3 Å². The van der Waals surface area contributed by atoms with E-state index in [1.54, 1.807) is 48.3 Å². The Morgan fingerprint density at radius 1 is 0.940 bits per heavy atom. The number of likely N-dealkylation sites (tertiary alicyclic amines) is 1. The molecule has 8 N–H and O–H groups in total. The van der Waals surface area contributed by atoms with Crippen molar-refractivity contribution in [2.24, 2.45) is 11.7 Å². The number of thiophene rings is 1. The Labute approximate surface area is 480 Å². The maximum Gasteiger partial charge on any atom is 0.399 e. The van der Waals surface area contributed by atoms with Crippen LogP contribution in [0.4, 0.5) is 8.78 Å². The normalized spacial score (nSPS) is 21.4. The van der Waals surface area contributed by atoms with E-state index in [9.17, 15) is 66.3 Å². The van der Waals surface area contributed by atoms with Crippen LogP contribution < -0.4 is 31.7 Å². The second kappa shape index (κ2) is 25.1. The number of halogens is 2. The van der Waals surface area contributed by atoms with Crippen LogP contribution in [-0.2, 0) is 50.3 Å². The maximum absolute atomic E-state index is 14.6. The number of carbonyl (C=O) groups is 9. The lowest BCUT2D eigenvalue weighted by molar-refractivity contribution is -0.144. The van der Waals surface area contributed by atoms with Crippen molar-refractivity contribution in [3.8, 4) is 17.6 Å². The van der Waals surface area contributed by atoms with Gasteiger partial charge in [-0.3, -0.25) is 53.0 Å². The van der Waals surface area contributed by atoms with Gasteiger partial charge >= 0.3 is 13.3 Å². The summed E-state index contributed by atoms with van der Waals surface area (Å²) >= 11 is 0.917. The van der Waals surface area contributed by atoms with E-state index in [1.807, 2.05) is 11.0 Å². The molecule has 0 bridgehead atoms. The SMILES string of the molecule is COc1ccc([C@H](NC(=O)[C@H](CCC(N)=O)NC(=O)[C@@H]2CC[C@@H]3CCN(C)C[C@H](NC(=O)c4cc5cc(C(F)(F)P(=O)(O)O)ccc5s4)C(=O)N32)C(=O)N2CCC(CCC#Cc3cccc4c3CN(C3CCC(=O)NC3=O)C4=O)CC2)cc1. The molecule has 1 unspecified atom stereocenters. The van der Waals surface area contributed by atoms with E-state index < -0.39 is 96.4 Å². The molecule has 5 aliphatic rings. The number of amides is 9. The van der Waals surface area contributed by atoms with E-state index in [-0.39, 0.29) is 73.2 Å². The summed E-state index contributed by atoms with van der Waals surface area (Å²) in [6, 6.07) is 9.95. The highest BCUT2D eigenvalue weighted by Gasteiger charge is 2.51. The summed E-state index contributed by atoms with van der Waals surface area (Å²) in [6.07, 6.45) is 3.44. The highest BCUT2D eigenvalue weighted by atomic mass is 32.1. The van der Waals surface area contributed by atoms with Gasteiger partial charge in [-0.25, -0.2) is 0 Å². The highest BCUT2D eigenvalue weighted by Crippen LogP contribution is 2.59. The van der Waals surface area contributed by atoms with E-state index in [0.717, 1.165) is 35.5 Å². The monoisotopic (exact) mass is 1180 g/mol. The average Bonchev–Trinajstić information content (AvgIpc) is 4.16. The van der Waals surface area contributed by atoms with Crippen molar-refractivity contribution in [3.05, 3.63) is 99.4 Å². The van der Waals surface area contributed by atoms with Crippen molar-refractivity contribution >= 4 is 82.2 Å². The standard InChI is InChI=1S/C57H64F2N9O13PS/c1-65-25-24-37-13-17-44(68(37)55(76)42(31-65)62-53(74)46-29-35-28-36(12-19-45(35)83-46)57(58,59)82(78,79)80)52(73)61-41(16-20-47(60)69)50(71)64-49(34-10-14-38(81-2)15-11-34)56(77)66-26-22-32(23-27-66)6-3-4-7-33-8-5-9-39-40(33)30-67(54(39)75)43-18-21-48(70)63-51(43)72/h5,8-12,14-15,19,28-29,32,37,41-44,49H,3,6,13,16-18,20-27,30-31H2,1-2H3,(H2,60,69)(H,61,73)(H,62,74)(H,64,71)(H,63,70,72)(H2,78,79,80)/t37-,41+,42+,43?,44+,49+/m1/s1. The average molecular weight is 1180 g/mol. The summed E-state index contributed by atoms with van der Waals surface area (Å²) < 4.78 is 46.4. The molecule has 4 aromatic rings. The van der Waals surface area contributed by atoms with Crippen LogP contribution >= 0.6 is 18.9 Å². The molecule has 1 aromatic heterocycles. The van der Waals surface area contributed by atoms with Gasteiger partial charge in [0.2, 0.25) is 41.4 Å². The van der Waals surface area contributed by atoms with Gasteiger partial charge in [0.1, 0.15) is 36.0 Å². The fraction of sp³-hybridized carbons (Fsp3) is 0.456. The lowest BCUT2D eigenvalue weighted by Gasteiger charge is -2.38. The number of alkyl halides is 2. The summed E-state index contributed by atoms with van der Waals surface area (Å²) in [7, 11) is -2.62. The number of methoxy groups -OCH3 is 1. The van der Waals surface area contributed by atoms with E-state index in [1.165, 1.54) is 29.0 Å². The fourth-order valence-corrected chi connectivity index (χ4v) is 13.0. The van der Waals surface area contributed by atoms with E-state index in [4.69, 9.17) is 10.5 Å². The van der Waals surface area contributed by atoms with E-state index in [0.29, 0.717) is 78.9 Å². The second-order valence-electron chi connectivity index (χ2n) is 21.6. The zero-order valence-corrected chi connectivity index (χ0v) is 47.3. The van der Waals surface area contributed by atoms with Crippen molar-refractivity contribution in [2.45, 2.75) is 119 Å². The number of piperidine rings is 2. The lowest BCUT2D eigenvalue weighted by atomic mass is 9.91. The number of nitrogens with one attached hydrogen (secondary N) is 4. The number of hydrogen-bond acceptors (Lipinski definition) is 13. The first-order valence-corrected chi connectivity index (χ1v) is 29.8. The molecule has 9 amide bonds.